The molecule has 0 radical (unpaired) electrons. The predicted molar refractivity (Wildman–Crippen MR) is 82.2 cm³/mol. The van der Waals surface area contributed by atoms with Crippen LogP contribution >= 0.6 is 0 Å². The summed E-state index contributed by atoms with van der Waals surface area (Å²) in [6, 6.07) is 6.46. The number of benzene rings is 1. The van der Waals surface area contributed by atoms with Crippen molar-refractivity contribution in [1.29, 1.82) is 0 Å². The molecule has 2 rings (SSSR count). The summed E-state index contributed by atoms with van der Waals surface area (Å²) in [7, 11) is -3.20. The number of aromatic nitrogens is 2. The largest absolute Gasteiger partial charge is 0.340 e. The lowest BCUT2D eigenvalue weighted by Gasteiger charge is -2.12. The molecule has 7 nitrogen and oxygen atoms in total. The van der Waals surface area contributed by atoms with Gasteiger partial charge in [-0.3, -0.25) is 0 Å². The van der Waals surface area contributed by atoms with Gasteiger partial charge in [0.05, 0.1) is 4.90 Å². The van der Waals surface area contributed by atoms with Crippen molar-refractivity contribution in [3.05, 3.63) is 35.7 Å². The molecule has 8 heteroatoms. The fourth-order valence-electron chi connectivity index (χ4n) is 1.81. The molecule has 0 saturated carbocycles. The molecule has 1 heterocycles. The number of aryl methyl sites for hydroxylation is 1. The van der Waals surface area contributed by atoms with E-state index in [0.29, 0.717) is 17.5 Å². The molecule has 0 aliphatic carbocycles. The van der Waals surface area contributed by atoms with E-state index in [0.717, 1.165) is 11.3 Å². The van der Waals surface area contributed by atoms with Crippen LogP contribution in [-0.2, 0) is 9.84 Å². The lowest BCUT2D eigenvalue weighted by atomic mass is 10.2. The maximum atomic E-state index is 11.4. The molecule has 0 unspecified atom stereocenters. The van der Waals surface area contributed by atoms with Gasteiger partial charge >= 0.3 is 0 Å². The Morgan fingerprint density at radius 1 is 1.05 bits per heavy atom. The topological polar surface area (TPSA) is 110 Å². The Balaban J connectivity index is 2.32. The third-order valence-corrected chi connectivity index (χ3v) is 4.07. The zero-order valence-electron chi connectivity index (χ0n) is 12.0. The number of nitrogen functional groups attached to an aromatic ring is 1. The van der Waals surface area contributed by atoms with Crippen LogP contribution in [0.15, 0.2) is 29.2 Å². The molecule has 112 valence electrons. The van der Waals surface area contributed by atoms with Crippen molar-refractivity contribution in [1.82, 2.24) is 9.97 Å². The normalized spacial score (nSPS) is 11.2. The van der Waals surface area contributed by atoms with Crippen LogP contribution in [-0.4, -0.2) is 24.6 Å². The Morgan fingerprint density at radius 3 is 2.14 bits per heavy atom. The number of hydrazine groups is 1. The van der Waals surface area contributed by atoms with Crippen molar-refractivity contribution < 1.29 is 8.42 Å². The first-order valence-corrected chi connectivity index (χ1v) is 8.09. The number of nitrogens with one attached hydrogen (secondary N) is 2. The van der Waals surface area contributed by atoms with Crippen molar-refractivity contribution >= 4 is 27.2 Å². The SMILES string of the molecule is Cc1nc(NN)c(C)c(Nc2ccc(S(C)(=O)=O)cc2)n1. The number of hydrogen-bond acceptors (Lipinski definition) is 7. The van der Waals surface area contributed by atoms with Gasteiger partial charge < -0.3 is 10.7 Å². The van der Waals surface area contributed by atoms with Gasteiger partial charge in [0.2, 0.25) is 0 Å². The monoisotopic (exact) mass is 307 g/mol. The molecule has 1 aromatic heterocycles. The summed E-state index contributed by atoms with van der Waals surface area (Å²) in [6.45, 7) is 3.60. The average molecular weight is 307 g/mol. The quantitative estimate of drug-likeness (QED) is 0.580. The fourth-order valence-corrected chi connectivity index (χ4v) is 2.44. The first-order valence-electron chi connectivity index (χ1n) is 6.20. The van der Waals surface area contributed by atoms with Gasteiger partial charge in [0.25, 0.3) is 0 Å². The van der Waals surface area contributed by atoms with E-state index >= 15 is 0 Å². The van der Waals surface area contributed by atoms with Crippen LogP contribution in [0, 0.1) is 13.8 Å². The molecule has 0 spiro atoms. The van der Waals surface area contributed by atoms with Gasteiger partial charge in [-0.1, -0.05) is 0 Å². The van der Waals surface area contributed by atoms with Crippen LogP contribution in [0.4, 0.5) is 17.3 Å². The number of anilines is 3. The minimum Gasteiger partial charge on any atom is -0.340 e. The Labute approximate surface area is 123 Å². The van der Waals surface area contributed by atoms with Crippen molar-refractivity contribution in [2.75, 3.05) is 17.0 Å². The fraction of sp³-hybridized carbons (Fsp3) is 0.231. The van der Waals surface area contributed by atoms with Gasteiger partial charge in [-0.25, -0.2) is 24.2 Å². The molecule has 1 aromatic carbocycles. The van der Waals surface area contributed by atoms with E-state index in [-0.39, 0.29) is 4.90 Å². The van der Waals surface area contributed by atoms with E-state index in [4.69, 9.17) is 5.84 Å². The third-order valence-electron chi connectivity index (χ3n) is 2.94. The second-order valence-corrected chi connectivity index (χ2v) is 6.67. The maximum Gasteiger partial charge on any atom is 0.175 e. The minimum atomic E-state index is -3.20. The number of hydrogen-bond donors (Lipinski definition) is 3. The molecular weight excluding hydrogens is 290 g/mol. The standard InChI is InChI=1S/C13H17N5O2S/c1-8-12(15-9(2)16-13(8)18-14)17-10-4-6-11(7-5-10)21(3,19)20/h4-7H,14H2,1-3H3,(H2,15,16,17,18). The van der Waals surface area contributed by atoms with Crippen LogP contribution in [0.5, 0.6) is 0 Å². The van der Waals surface area contributed by atoms with Gasteiger partial charge in [0, 0.05) is 17.5 Å². The van der Waals surface area contributed by atoms with Crippen LogP contribution in [0.25, 0.3) is 0 Å². The van der Waals surface area contributed by atoms with E-state index < -0.39 is 9.84 Å². The zero-order valence-corrected chi connectivity index (χ0v) is 12.8. The number of nitrogens with two attached hydrogens (primary N) is 1. The van der Waals surface area contributed by atoms with Crippen LogP contribution in [0.3, 0.4) is 0 Å². The Bertz CT molecular complexity index is 757. The van der Waals surface area contributed by atoms with Gasteiger partial charge in [0.1, 0.15) is 17.5 Å². The molecule has 0 fully saturated rings. The van der Waals surface area contributed by atoms with E-state index in [2.05, 4.69) is 20.7 Å². The highest BCUT2D eigenvalue weighted by Gasteiger charge is 2.10. The number of nitrogens with zero attached hydrogens (tertiary/aromatic N) is 2. The summed E-state index contributed by atoms with van der Waals surface area (Å²) in [4.78, 5) is 8.76. The molecule has 4 N–H and O–H groups in total. The van der Waals surface area contributed by atoms with Crippen molar-refractivity contribution in [3.63, 3.8) is 0 Å². The van der Waals surface area contributed by atoms with Gasteiger partial charge in [0.15, 0.2) is 9.84 Å². The Kier molecular flexibility index (Phi) is 4.10. The molecule has 21 heavy (non-hydrogen) atoms. The van der Waals surface area contributed by atoms with Gasteiger partial charge in [-0.05, 0) is 38.1 Å². The summed E-state index contributed by atoms with van der Waals surface area (Å²) in [5.41, 5.74) is 4.02. The number of sulfone groups is 1. The summed E-state index contributed by atoms with van der Waals surface area (Å²) < 4.78 is 22.8. The first-order chi connectivity index (χ1) is 9.81. The third kappa shape index (κ3) is 3.47. The summed E-state index contributed by atoms with van der Waals surface area (Å²) in [6.07, 6.45) is 1.17. The highest BCUT2D eigenvalue weighted by atomic mass is 32.2. The lowest BCUT2D eigenvalue weighted by Crippen LogP contribution is -2.13. The number of rotatable bonds is 4. The Morgan fingerprint density at radius 2 is 1.62 bits per heavy atom. The molecule has 0 bridgehead atoms. The summed E-state index contributed by atoms with van der Waals surface area (Å²) in [5, 5.41) is 3.12. The van der Waals surface area contributed by atoms with Crippen molar-refractivity contribution in [3.8, 4) is 0 Å². The smallest absolute Gasteiger partial charge is 0.175 e. The van der Waals surface area contributed by atoms with Crippen molar-refractivity contribution in [2.24, 2.45) is 5.84 Å². The highest BCUT2D eigenvalue weighted by molar-refractivity contribution is 7.90. The minimum absolute atomic E-state index is 0.271. The molecule has 0 aliphatic rings. The van der Waals surface area contributed by atoms with Crippen LogP contribution in [0.1, 0.15) is 11.4 Å². The summed E-state index contributed by atoms with van der Waals surface area (Å²) in [5.74, 6) is 7.14. The molecule has 0 saturated heterocycles. The van der Waals surface area contributed by atoms with E-state index in [9.17, 15) is 8.42 Å². The molecule has 0 amide bonds. The van der Waals surface area contributed by atoms with Gasteiger partial charge in [-0.2, -0.15) is 0 Å². The van der Waals surface area contributed by atoms with Crippen LogP contribution < -0.4 is 16.6 Å². The van der Waals surface area contributed by atoms with E-state index in [1.165, 1.54) is 6.26 Å². The first kappa shape index (κ1) is 15.2. The van der Waals surface area contributed by atoms with Crippen LogP contribution in [0.2, 0.25) is 0 Å². The maximum absolute atomic E-state index is 11.4. The lowest BCUT2D eigenvalue weighted by molar-refractivity contribution is 0.602. The Hall–Kier alpha value is -2.19. The zero-order chi connectivity index (χ0) is 15.6. The molecule has 0 aliphatic heterocycles. The van der Waals surface area contributed by atoms with Gasteiger partial charge in [-0.15, -0.1) is 0 Å². The van der Waals surface area contributed by atoms with E-state index in [1.807, 2.05) is 6.92 Å². The molecular formula is C13H17N5O2S. The highest BCUT2D eigenvalue weighted by Crippen LogP contribution is 2.23. The molecule has 0 atom stereocenters. The van der Waals surface area contributed by atoms with Crippen molar-refractivity contribution in [2.45, 2.75) is 18.7 Å². The molecule has 2 aromatic rings. The van der Waals surface area contributed by atoms with E-state index in [1.54, 1.807) is 31.2 Å². The second kappa shape index (κ2) is 5.66. The predicted octanol–water partition coefficient (Wildman–Crippen LogP) is 1.53. The average Bonchev–Trinajstić information content (AvgIpc) is 2.42. The summed E-state index contributed by atoms with van der Waals surface area (Å²) >= 11 is 0. The second-order valence-electron chi connectivity index (χ2n) is 4.66.